The van der Waals surface area contributed by atoms with Crippen LogP contribution in [0, 0.1) is 10.5 Å². The van der Waals surface area contributed by atoms with Crippen molar-refractivity contribution in [3.05, 3.63) is 78.3 Å². The average Bonchev–Trinajstić information content (AvgIpc) is 2.88. The Labute approximate surface area is 253 Å². The summed E-state index contributed by atoms with van der Waals surface area (Å²) < 4.78 is 12.1. The van der Waals surface area contributed by atoms with E-state index in [0.29, 0.717) is 37.9 Å². The van der Waals surface area contributed by atoms with Crippen LogP contribution in [0.3, 0.4) is 0 Å². The first-order chi connectivity index (χ1) is 18.6. The summed E-state index contributed by atoms with van der Waals surface area (Å²) in [5.41, 5.74) is 4.34. The lowest BCUT2D eigenvalue weighted by molar-refractivity contribution is -0.136. The largest absolute Gasteiger partial charge is 0.490 e. The molecule has 0 aliphatic rings. The normalized spacial score (nSPS) is 10.7. The molecule has 0 saturated heterocycles. The smallest absolute Gasteiger partial charge is 0.329 e. The molecule has 0 fully saturated rings. The molecule has 0 spiro atoms. The Balaban J connectivity index is 1.64. The summed E-state index contributed by atoms with van der Waals surface area (Å²) in [6.07, 6.45) is 1.33. The first kappa shape index (κ1) is 30.5. The highest BCUT2D eigenvalue weighted by molar-refractivity contribution is 14.1. The minimum atomic E-state index is -1.01. The van der Waals surface area contributed by atoms with Gasteiger partial charge in [0, 0.05) is 10.7 Å². The maximum atomic E-state index is 12.5. The summed E-state index contributed by atoms with van der Waals surface area (Å²) in [6, 6.07) is 13.2. The number of amides is 3. The molecule has 0 saturated carbocycles. The molecule has 0 unspecified atom stereocenters. The second-order valence-corrected chi connectivity index (χ2v) is 10.2. The first-order valence-corrected chi connectivity index (χ1v) is 13.5. The van der Waals surface area contributed by atoms with Crippen LogP contribution >= 0.6 is 57.4 Å². The van der Waals surface area contributed by atoms with E-state index in [0.717, 1.165) is 5.56 Å². The van der Waals surface area contributed by atoms with Crippen molar-refractivity contribution in [1.29, 1.82) is 0 Å². The predicted molar refractivity (Wildman–Crippen MR) is 161 cm³/mol. The zero-order valence-electron chi connectivity index (χ0n) is 20.6. The second-order valence-electron chi connectivity index (χ2n) is 7.81. The Hall–Kier alpha value is -3.06. The van der Waals surface area contributed by atoms with Gasteiger partial charge in [0.05, 0.1) is 32.1 Å². The molecule has 3 aromatic carbocycles. The molecule has 0 aromatic heterocycles. The molecule has 0 bridgehead atoms. The fourth-order valence-corrected chi connectivity index (χ4v) is 4.41. The molecule has 3 amide bonds. The number of carbonyl (C=O) groups is 3. The minimum absolute atomic E-state index is 0.112. The van der Waals surface area contributed by atoms with Gasteiger partial charge in [0.15, 0.2) is 18.1 Å². The van der Waals surface area contributed by atoms with Crippen LogP contribution in [-0.2, 0) is 14.4 Å². The van der Waals surface area contributed by atoms with Gasteiger partial charge in [0.1, 0.15) is 0 Å². The molecular formula is C26H22Cl3IN4O5. The van der Waals surface area contributed by atoms with Gasteiger partial charge in [-0.3, -0.25) is 14.4 Å². The summed E-state index contributed by atoms with van der Waals surface area (Å²) in [5, 5.41) is 9.82. The first-order valence-electron chi connectivity index (χ1n) is 11.3. The number of benzene rings is 3. The Morgan fingerprint density at radius 2 is 1.74 bits per heavy atom. The standard InChI is InChI=1S/C26H22Cl3IN4O5/c1-3-38-21-10-15(12-31-34-26(37)25(36)33-19-6-4-5-17(28)23(19)29)9-18(30)24(21)39-13-22(35)32-20-11-16(27)8-7-14(20)2/h4-12H,3,13H2,1-2H3,(H,32,35)(H,33,36)(H,34,37)/b31-12-. The van der Waals surface area contributed by atoms with E-state index < -0.39 is 11.8 Å². The number of rotatable bonds is 9. The Bertz CT molecular complexity index is 1430. The molecule has 13 heteroatoms. The van der Waals surface area contributed by atoms with Crippen molar-refractivity contribution in [3.63, 3.8) is 0 Å². The van der Waals surface area contributed by atoms with Crippen LogP contribution in [0.25, 0.3) is 0 Å². The molecular weight excluding hydrogens is 682 g/mol. The average molecular weight is 704 g/mol. The van der Waals surface area contributed by atoms with E-state index in [9.17, 15) is 14.4 Å². The molecule has 3 aromatic rings. The predicted octanol–water partition coefficient (Wildman–Crippen LogP) is 6.06. The quantitative estimate of drug-likeness (QED) is 0.108. The molecule has 3 N–H and O–H groups in total. The van der Waals surface area contributed by atoms with Gasteiger partial charge in [0.25, 0.3) is 5.91 Å². The number of hydrogen-bond donors (Lipinski definition) is 3. The molecule has 204 valence electrons. The number of halogens is 4. The number of aryl methyl sites for hydroxylation is 1. The maximum absolute atomic E-state index is 12.5. The highest BCUT2D eigenvalue weighted by atomic mass is 127. The van der Waals surface area contributed by atoms with E-state index in [4.69, 9.17) is 44.3 Å². The van der Waals surface area contributed by atoms with Crippen molar-refractivity contribution in [2.75, 3.05) is 23.8 Å². The summed E-state index contributed by atoms with van der Waals surface area (Å²) in [7, 11) is 0. The second kappa shape index (κ2) is 14.4. The lowest BCUT2D eigenvalue weighted by Crippen LogP contribution is -2.32. The van der Waals surface area contributed by atoms with E-state index >= 15 is 0 Å². The Kier molecular flexibility index (Phi) is 11.2. The zero-order chi connectivity index (χ0) is 28.5. The van der Waals surface area contributed by atoms with Gasteiger partial charge in [-0.1, -0.05) is 46.9 Å². The highest BCUT2D eigenvalue weighted by Gasteiger charge is 2.17. The van der Waals surface area contributed by atoms with Crippen molar-refractivity contribution < 1.29 is 23.9 Å². The number of nitrogens with one attached hydrogen (secondary N) is 3. The van der Waals surface area contributed by atoms with Crippen molar-refractivity contribution >= 4 is 92.7 Å². The van der Waals surface area contributed by atoms with Gasteiger partial charge in [0.2, 0.25) is 0 Å². The number of carbonyl (C=O) groups excluding carboxylic acids is 3. The number of anilines is 2. The van der Waals surface area contributed by atoms with E-state index in [2.05, 4.69) is 21.2 Å². The zero-order valence-corrected chi connectivity index (χ0v) is 25.0. The van der Waals surface area contributed by atoms with Crippen molar-refractivity contribution in [1.82, 2.24) is 5.43 Å². The Morgan fingerprint density at radius 1 is 0.974 bits per heavy atom. The van der Waals surface area contributed by atoms with Crippen molar-refractivity contribution in [2.45, 2.75) is 13.8 Å². The minimum Gasteiger partial charge on any atom is -0.490 e. The summed E-state index contributed by atoms with van der Waals surface area (Å²) in [5.74, 6) is -1.62. The summed E-state index contributed by atoms with van der Waals surface area (Å²) in [4.78, 5) is 36.8. The van der Waals surface area contributed by atoms with Crippen LogP contribution in [0.4, 0.5) is 11.4 Å². The molecule has 0 aliphatic carbocycles. The third-order valence-electron chi connectivity index (χ3n) is 4.94. The van der Waals surface area contributed by atoms with Crippen LogP contribution in [-0.4, -0.2) is 37.1 Å². The third-order valence-corrected chi connectivity index (χ3v) is 6.79. The monoisotopic (exact) mass is 702 g/mol. The molecule has 3 rings (SSSR count). The van der Waals surface area contributed by atoms with Gasteiger partial charge in [-0.15, -0.1) is 0 Å². The number of ether oxygens (including phenoxy) is 2. The van der Waals surface area contributed by atoms with E-state index in [1.807, 2.05) is 29.5 Å². The lowest BCUT2D eigenvalue weighted by atomic mass is 10.2. The number of hydrazone groups is 1. The van der Waals surface area contributed by atoms with E-state index in [-0.39, 0.29) is 28.2 Å². The SMILES string of the molecule is CCOc1cc(/C=N\NC(=O)C(=O)Nc2cccc(Cl)c2Cl)cc(I)c1OCC(=O)Nc1cc(Cl)ccc1C. The fraction of sp³-hybridized carbons (Fsp3) is 0.154. The van der Waals surface area contributed by atoms with Crippen LogP contribution < -0.4 is 25.5 Å². The van der Waals surface area contributed by atoms with Crippen molar-refractivity contribution in [3.8, 4) is 11.5 Å². The Morgan fingerprint density at radius 3 is 2.49 bits per heavy atom. The molecule has 39 heavy (non-hydrogen) atoms. The fourth-order valence-electron chi connectivity index (χ4n) is 3.11. The molecule has 9 nitrogen and oxygen atoms in total. The third kappa shape index (κ3) is 8.72. The van der Waals surface area contributed by atoms with E-state index in [1.165, 1.54) is 12.3 Å². The lowest BCUT2D eigenvalue weighted by Gasteiger charge is -2.15. The van der Waals surface area contributed by atoms with Crippen LogP contribution in [0.1, 0.15) is 18.1 Å². The topological polar surface area (TPSA) is 118 Å². The van der Waals surface area contributed by atoms with Crippen LogP contribution in [0.5, 0.6) is 11.5 Å². The van der Waals surface area contributed by atoms with Gasteiger partial charge in [-0.25, -0.2) is 5.43 Å². The summed E-state index contributed by atoms with van der Waals surface area (Å²) >= 11 is 20.0. The van der Waals surface area contributed by atoms with Gasteiger partial charge in [-0.05, 0) is 84.0 Å². The van der Waals surface area contributed by atoms with Crippen molar-refractivity contribution in [2.24, 2.45) is 5.10 Å². The molecule has 0 heterocycles. The van der Waals surface area contributed by atoms with Crippen LogP contribution in [0.2, 0.25) is 15.1 Å². The van der Waals surface area contributed by atoms with Gasteiger partial charge in [-0.2, -0.15) is 5.10 Å². The number of nitrogens with zero attached hydrogens (tertiary/aromatic N) is 1. The molecule has 0 atom stereocenters. The number of hydrogen-bond acceptors (Lipinski definition) is 6. The van der Waals surface area contributed by atoms with Gasteiger partial charge < -0.3 is 20.1 Å². The van der Waals surface area contributed by atoms with Crippen LogP contribution in [0.15, 0.2) is 53.6 Å². The highest BCUT2D eigenvalue weighted by Crippen LogP contribution is 2.34. The summed E-state index contributed by atoms with van der Waals surface area (Å²) in [6.45, 7) is 3.73. The maximum Gasteiger partial charge on any atom is 0.329 e. The molecule has 0 aliphatic heterocycles. The van der Waals surface area contributed by atoms with Gasteiger partial charge >= 0.3 is 11.8 Å². The van der Waals surface area contributed by atoms with E-state index in [1.54, 1.807) is 49.4 Å². The molecule has 0 radical (unpaired) electrons.